The van der Waals surface area contributed by atoms with E-state index in [0.29, 0.717) is 13.1 Å². The van der Waals surface area contributed by atoms with Gasteiger partial charge in [0.05, 0.1) is 0 Å². The number of rotatable bonds is 12. The summed E-state index contributed by atoms with van der Waals surface area (Å²) in [5.41, 5.74) is 0. The number of nitrogens with one attached hydrogen (secondary N) is 1. The molecule has 0 aliphatic carbocycles. The molecule has 0 rings (SSSR count). The molecule has 0 aliphatic rings. The summed E-state index contributed by atoms with van der Waals surface area (Å²) in [5.74, 6) is 0. The second-order valence-corrected chi connectivity index (χ2v) is 5.79. The lowest BCUT2D eigenvalue weighted by molar-refractivity contribution is 0.551. The van der Waals surface area contributed by atoms with Crippen LogP contribution in [0.4, 0.5) is 0 Å². The molecule has 0 saturated carbocycles. The van der Waals surface area contributed by atoms with Crippen molar-refractivity contribution in [3.8, 4) is 0 Å². The molecular formula is C12H27N2O2S. The van der Waals surface area contributed by atoms with Crippen molar-refractivity contribution < 1.29 is 8.42 Å². The maximum Gasteiger partial charge on any atom is 0.293 e. The van der Waals surface area contributed by atoms with E-state index in [9.17, 15) is 8.42 Å². The van der Waals surface area contributed by atoms with Crippen LogP contribution in [0.5, 0.6) is 0 Å². The third kappa shape index (κ3) is 12.1. The van der Waals surface area contributed by atoms with Crippen LogP contribution in [0, 0.1) is 0 Å². The first-order valence-corrected chi connectivity index (χ1v) is 8.24. The second-order valence-electron chi connectivity index (χ2n) is 4.29. The molecule has 0 saturated heterocycles. The summed E-state index contributed by atoms with van der Waals surface area (Å²) in [5, 5.41) is 0. The van der Waals surface area contributed by atoms with Gasteiger partial charge in [0.15, 0.2) is 0 Å². The topological polar surface area (TPSA) is 60.3 Å². The molecular weight excluding hydrogens is 236 g/mol. The molecule has 1 radical (unpaired) electrons. The van der Waals surface area contributed by atoms with Gasteiger partial charge in [-0.3, -0.25) is 0 Å². The first-order chi connectivity index (χ1) is 8.12. The fourth-order valence-corrected chi connectivity index (χ4v) is 2.51. The molecule has 4 nitrogen and oxygen atoms in total. The van der Waals surface area contributed by atoms with E-state index in [1.54, 1.807) is 6.92 Å². The van der Waals surface area contributed by atoms with E-state index in [4.69, 9.17) is 0 Å². The average Bonchev–Trinajstić information content (AvgIpc) is 2.27. The van der Waals surface area contributed by atoms with Gasteiger partial charge in [-0.15, -0.1) is 4.72 Å². The molecule has 0 spiro atoms. The van der Waals surface area contributed by atoms with Gasteiger partial charge in [0, 0.05) is 13.1 Å². The highest BCUT2D eigenvalue weighted by Crippen LogP contribution is 2.07. The minimum Gasteiger partial charge on any atom is -0.201 e. The van der Waals surface area contributed by atoms with Crippen molar-refractivity contribution in [1.82, 2.24) is 9.44 Å². The van der Waals surface area contributed by atoms with Crippen LogP contribution in [0.2, 0.25) is 0 Å². The summed E-state index contributed by atoms with van der Waals surface area (Å²) in [6.45, 7) is 4.76. The van der Waals surface area contributed by atoms with Crippen LogP contribution in [-0.2, 0) is 10.2 Å². The highest BCUT2D eigenvalue weighted by molar-refractivity contribution is 7.87. The number of hydrogen-bond acceptors (Lipinski definition) is 2. The van der Waals surface area contributed by atoms with Crippen LogP contribution in [0.15, 0.2) is 0 Å². The zero-order chi connectivity index (χ0) is 13.0. The monoisotopic (exact) mass is 263 g/mol. The van der Waals surface area contributed by atoms with Crippen LogP contribution in [-0.4, -0.2) is 21.5 Å². The van der Waals surface area contributed by atoms with Crippen molar-refractivity contribution in [2.45, 2.75) is 65.2 Å². The van der Waals surface area contributed by atoms with Crippen LogP contribution in [0.3, 0.4) is 0 Å². The van der Waals surface area contributed by atoms with E-state index in [1.807, 2.05) is 0 Å². The normalized spacial score (nSPS) is 11.9. The smallest absolute Gasteiger partial charge is 0.201 e. The van der Waals surface area contributed by atoms with Gasteiger partial charge in [-0.1, -0.05) is 51.9 Å². The molecule has 0 heterocycles. The molecule has 0 aromatic heterocycles. The molecule has 17 heavy (non-hydrogen) atoms. The Morgan fingerprint density at radius 1 is 0.882 bits per heavy atom. The van der Waals surface area contributed by atoms with Gasteiger partial charge in [0.1, 0.15) is 0 Å². The summed E-state index contributed by atoms with van der Waals surface area (Å²) < 4.78 is 28.3. The van der Waals surface area contributed by atoms with E-state index >= 15 is 0 Å². The Balaban J connectivity index is 3.24. The Kier molecular flexibility index (Phi) is 10.9. The molecule has 5 heteroatoms. The third-order valence-electron chi connectivity index (χ3n) is 2.61. The van der Waals surface area contributed by atoms with Gasteiger partial charge in [0.25, 0.3) is 10.2 Å². The first kappa shape index (κ1) is 16.9. The van der Waals surface area contributed by atoms with Crippen LogP contribution < -0.4 is 9.44 Å². The summed E-state index contributed by atoms with van der Waals surface area (Å²) in [4.78, 5) is 0. The Bertz CT molecular complexity index is 253. The van der Waals surface area contributed by atoms with Crippen molar-refractivity contribution in [3.63, 3.8) is 0 Å². The summed E-state index contributed by atoms with van der Waals surface area (Å²) in [7, 11) is -3.36. The Labute approximate surface area is 107 Å². The lowest BCUT2D eigenvalue weighted by Crippen LogP contribution is -2.32. The van der Waals surface area contributed by atoms with E-state index < -0.39 is 10.2 Å². The molecule has 0 atom stereocenters. The fraction of sp³-hybridized carbons (Fsp3) is 1.00. The quantitative estimate of drug-likeness (QED) is 0.550. The Morgan fingerprint density at radius 2 is 1.41 bits per heavy atom. The summed E-state index contributed by atoms with van der Waals surface area (Å²) in [6.07, 6.45) is 9.74. The van der Waals surface area contributed by atoms with Gasteiger partial charge in [-0.25, -0.2) is 4.72 Å². The van der Waals surface area contributed by atoms with Crippen LogP contribution in [0.1, 0.15) is 65.2 Å². The highest BCUT2D eigenvalue weighted by Gasteiger charge is 2.07. The summed E-state index contributed by atoms with van der Waals surface area (Å²) >= 11 is 0. The molecule has 0 aromatic carbocycles. The standard InChI is InChI=1S/C12H27N2O2S/c1-3-5-6-7-8-9-10-11-12-14-17(15,16)13-4-2/h14H,3-12H2,1-2H3. The van der Waals surface area contributed by atoms with E-state index in [-0.39, 0.29) is 0 Å². The van der Waals surface area contributed by atoms with Gasteiger partial charge < -0.3 is 0 Å². The molecule has 0 amide bonds. The van der Waals surface area contributed by atoms with Crippen molar-refractivity contribution in [1.29, 1.82) is 0 Å². The van der Waals surface area contributed by atoms with Crippen molar-refractivity contribution in [3.05, 3.63) is 0 Å². The highest BCUT2D eigenvalue weighted by atomic mass is 32.2. The number of hydrogen-bond donors (Lipinski definition) is 1. The van der Waals surface area contributed by atoms with Gasteiger partial charge in [-0.2, -0.15) is 8.42 Å². The Morgan fingerprint density at radius 3 is 1.94 bits per heavy atom. The molecule has 0 unspecified atom stereocenters. The van der Waals surface area contributed by atoms with Crippen LogP contribution >= 0.6 is 0 Å². The van der Waals surface area contributed by atoms with Crippen molar-refractivity contribution in [2.24, 2.45) is 0 Å². The molecule has 0 aliphatic heterocycles. The van der Waals surface area contributed by atoms with Crippen molar-refractivity contribution >= 4 is 10.2 Å². The van der Waals surface area contributed by atoms with Gasteiger partial charge in [0.2, 0.25) is 0 Å². The largest absolute Gasteiger partial charge is 0.293 e. The maximum absolute atomic E-state index is 11.2. The zero-order valence-electron chi connectivity index (χ0n) is 11.2. The van der Waals surface area contributed by atoms with Crippen molar-refractivity contribution in [2.75, 3.05) is 13.1 Å². The average molecular weight is 263 g/mol. The molecule has 0 bridgehead atoms. The van der Waals surface area contributed by atoms with E-state index in [1.165, 1.54) is 38.5 Å². The number of unbranched alkanes of at least 4 members (excludes halogenated alkanes) is 7. The first-order valence-electron chi connectivity index (χ1n) is 6.80. The lowest BCUT2D eigenvalue weighted by atomic mass is 10.1. The van der Waals surface area contributed by atoms with E-state index in [0.717, 1.165) is 12.8 Å². The zero-order valence-corrected chi connectivity index (χ0v) is 12.1. The van der Waals surface area contributed by atoms with E-state index in [2.05, 4.69) is 16.4 Å². The van der Waals surface area contributed by atoms with Crippen LogP contribution in [0.25, 0.3) is 0 Å². The minimum absolute atomic E-state index is 0.312. The summed E-state index contributed by atoms with van der Waals surface area (Å²) in [6, 6.07) is 0. The molecule has 1 N–H and O–H groups in total. The third-order valence-corrected chi connectivity index (χ3v) is 3.78. The predicted molar refractivity (Wildman–Crippen MR) is 72.2 cm³/mol. The minimum atomic E-state index is -3.36. The molecule has 103 valence electrons. The number of nitrogens with zero attached hydrogens (tertiary/aromatic N) is 1. The van der Waals surface area contributed by atoms with Gasteiger partial charge in [-0.05, 0) is 13.3 Å². The fourth-order valence-electron chi connectivity index (χ4n) is 1.68. The van der Waals surface area contributed by atoms with Gasteiger partial charge >= 0.3 is 0 Å². The maximum atomic E-state index is 11.2. The predicted octanol–water partition coefficient (Wildman–Crippen LogP) is 2.59. The lowest BCUT2D eigenvalue weighted by Gasteiger charge is -2.04. The SMILES string of the molecule is CCCCCCCCCCNS(=O)(=O)[N]CC. The second kappa shape index (κ2) is 11.0. The Hall–Kier alpha value is -0.130. The molecule has 0 aromatic rings. The molecule has 0 fully saturated rings.